The molecule has 0 saturated carbocycles. The summed E-state index contributed by atoms with van der Waals surface area (Å²) in [4.78, 5) is 2.46. The van der Waals surface area contributed by atoms with Gasteiger partial charge < -0.3 is 5.32 Å². The van der Waals surface area contributed by atoms with Gasteiger partial charge in [-0.1, -0.05) is 37.6 Å². The first-order valence-electron chi connectivity index (χ1n) is 7.84. The van der Waals surface area contributed by atoms with Crippen LogP contribution in [0.3, 0.4) is 0 Å². The predicted octanol–water partition coefficient (Wildman–Crippen LogP) is 4.75. The van der Waals surface area contributed by atoms with E-state index in [9.17, 15) is 0 Å². The van der Waals surface area contributed by atoms with Gasteiger partial charge in [0, 0.05) is 29.2 Å². The fourth-order valence-electron chi connectivity index (χ4n) is 2.52. The second-order valence-corrected chi connectivity index (χ2v) is 7.77. The number of hydrogen-bond acceptors (Lipinski definition) is 2. The Labute approximate surface area is 135 Å². The van der Waals surface area contributed by atoms with Crippen LogP contribution in [0.4, 0.5) is 0 Å². The SMILES string of the molecule is CC(C)C(CNC(C)(C)C)N(C)C(C)c1ccc(Cl)cc1. The van der Waals surface area contributed by atoms with Crippen molar-refractivity contribution < 1.29 is 0 Å². The predicted molar refractivity (Wildman–Crippen MR) is 94.0 cm³/mol. The maximum atomic E-state index is 5.99. The third-order valence-corrected chi connectivity index (χ3v) is 4.35. The van der Waals surface area contributed by atoms with Crippen LogP contribution in [0, 0.1) is 5.92 Å². The zero-order chi connectivity index (χ0) is 16.2. The Morgan fingerprint density at radius 2 is 1.62 bits per heavy atom. The molecule has 3 heteroatoms. The maximum Gasteiger partial charge on any atom is 0.0406 e. The van der Waals surface area contributed by atoms with E-state index < -0.39 is 0 Å². The molecule has 120 valence electrons. The summed E-state index contributed by atoms with van der Waals surface area (Å²) in [5.74, 6) is 0.597. The summed E-state index contributed by atoms with van der Waals surface area (Å²) < 4.78 is 0. The molecule has 0 saturated heterocycles. The molecule has 0 aliphatic carbocycles. The first-order valence-corrected chi connectivity index (χ1v) is 8.22. The molecule has 0 aromatic heterocycles. The van der Waals surface area contributed by atoms with Crippen LogP contribution in [0.15, 0.2) is 24.3 Å². The van der Waals surface area contributed by atoms with Crippen molar-refractivity contribution in [2.45, 2.75) is 59.2 Å². The van der Waals surface area contributed by atoms with Crippen molar-refractivity contribution in [3.63, 3.8) is 0 Å². The van der Waals surface area contributed by atoms with Gasteiger partial charge in [-0.25, -0.2) is 0 Å². The van der Waals surface area contributed by atoms with Crippen molar-refractivity contribution in [3.05, 3.63) is 34.9 Å². The smallest absolute Gasteiger partial charge is 0.0406 e. The van der Waals surface area contributed by atoms with E-state index in [1.54, 1.807) is 0 Å². The Bertz CT molecular complexity index is 420. The van der Waals surface area contributed by atoms with Gasteiger partial charge in [-0.3, -0.25) is 4.90 Å². The highest BCUT2D eigenvalue weighted by Gasteiger charge is 2.25. The number of halogens is 1. The Morgan fingerprint density at radius 3 is 2.05 bits per heavy atom. The van der Waals surface area contributed by atoms with E-state index in [1.165, 1.54) is 5.56 Å². The van der Waals surface area contributed by atoms with E-state index in [0.29, 0.717) is 18.0 Å². The lowest BCUT2D eigenvalue weighted by Gasteiger charge is -2.38. The summed E-state index contributed by atoms with van der Waals surface area (Å²) in [5.41, 5.74) is 1.46. The van der Waals surface area contributed by atoms with Gasteiger partial charge in [0.25, 0.3) is 0 Å². The van der Waals surface area contributed by atoms with Crippen molar-refractivity contribution in [2.24, 2.45) is 5.92 Å². The van der Waals surface area contributed by atoms with E-state index in [-0.39, 0.29) is 5.54 Å². The normalized spacial score (nSPS) is 15.5. The van der Waals surface area contributed by atoms with Crippen molar-refractivity contribution in [3.8, 4) is 0 Å². The number of nitrogens with one attached hydrogen (secondary N) is 1. The molecule has 0 aliphatic rings. The molecule has 1 N–H and O–H groups in total. The molecular weight excluding hydrogens is 280 g/mol. The molecular formula is C18H31ClN2. The molecule has 0 fully saturated rings. The van der Waals surface area contributed by atoms with Gasteiger partial charge in [-0.05, 0) is 58.4 Å². The Hall–Kier alpha value is -0.570. The highest BCUT2D eigenvalue weighted by atomic mass is 35.5. The minimum absolute atomic E-state index is 0.150. The molecule has 2 unspecified atom stereocenters. The van der Waals surface area contributed by atoms with Crippen LogP contribution >= 0.6 is 11.6 Å². The summed E-state index contributed by atoms with van der Waals surface area (Å²) >= 11 is 5.99. The Balaban J connectivity index is 2.79. The third kappa shape index (κ3) is 5.98. The minimum Gasteiger partial charge on any atom is -0.311 e. The molecule has 21 heavy (non-hydrogen) atoms. The summed E-state index contributed by atoms with van der Waals surface area (Å²) in [6.45, 7) is 14.5. The molecule has 0 spiro atoms. The Morgan fingerprint density at radius 1 is 1.10 bits per heavy atom. The van der Waals surface area contributed by atoms with Crippen LogP contribution in [0.2, 0.25) is 5.02 Å². The fraction of sp³-hybridized carbons (Fsp3) is 0.667. The van der Waals surface area contributed by atoms with Gasteiger partial charge in [0.05, 0.1) is 0 Å². The first-order chi connectivity index (χ1) is 9.61. The van der Waals surface area contributed by atoms with Crippen LogP contribution < -0.4 is 5.32 Å². The summed E-state index contributed by atoms with van der Waals surface area (Å²) in [6, 6.07) is 9.06. The zero-order valence-electron chi connectivity index (χ0n) is 14.6. The second-order valence-electron chi connectivity index (χ2n) is 7.34. The zero-order valence-corrected chi connectivity index (χ0v) is 15.3. The fourth-order valence-corrected chi connectivity index (χ4v) is 2.65. The van der Waals surface area contributed by atoms with E-state index in [2.05, 4.69) is 70.9 Å². The molecule has 0 amide bonds. The van der Waals surface area contributed by atoms with Crippen LogP contribution in [0.5, 0.6) is 0 Å². The van der Waals surface area contributed by atoms with E-state index >= 15 is 0 Å². The molecule has 2 nitrogen and oxygen atoms in total. The standard InChI is InChI=1S/C18H31ClN2/c1-13(2)17(12-20-18(4,5)6)21(7)14(3)15-8-10-16(19)11-9-15/h8-11,13-14,17,20H,12H2,1-7H3. The molecule has 1 aromatic rings. The van der Waals surface area contributed by atoms with Gasteiger partial charge in [-0.15, -0.1) is 0 Å². The molecule has 2 atom stereocenters. The lowest BCUT2D eigenvalue weighted by Crippen LogP contribution is -2.49. The molecule has 0 aliphatic heterocycles. The van der Waals surface area contributed by atoms with Crippen LogP contribution in [0.25, 0.3) is 0 Å². The van der Waals surface area contributed by atoms with Gasteiger partial charge in [-0.2, -0.15) is 0 Å². The van der Waals surface area contributed by atoms with Gasteiger partial charge in [0.2, 0.25) is 0 Å². The van der Waals surface area contributed by atoms with Crippen LogP contribution in [0.1, 0.15) is 53.1 Å². The van der Waals surface area contributed by atoms with Gasteiger partial charge >= 0.3 is 0 Å². The molecule has 1 rings (SSSR count). The molecule has 0 radical (unpaired) electrons. The van der Waals surface area contributed by atoms with E-state index in [1.807, 2.05) is 12.1 Å². The average Bonchev–Trinajstić information content (AvgIpc) is 2.37. The first kappa shape index (κ1) is 18.5. The molecule has 0 bridgehead atoms. The van der Waals surface area contributed by atoms with Crippen molar-refractivity contribution >= 4 is 11.6 Å². The van der Waals surface area contributed by atoms with Crippen LogP contribution in [-0.4, -0.2) is 30.1 Å². The average molecular weight is 311 g/mol. The Kier molecular flexibility index (Phi) is 6.71. The topological polar surface area (TPSA) is 15.3 Å². The number of nitrogens with zero attached hydrogens (tertiary/aromatic N) is 1. The quantitative estimate of drug-likeness (QED) is 0.816. The van der Waals surface area contributed by atoms with Gasteiger partial charge in [0.15, 0.2) is 0 Å². The molecule has 0 heterocycles. The van der Waals surface area contributed by atoms with Crippen molar-refractivity contribution in [1.82, 2.24) is 10.2 Å². The van der Waals surface area contributed by atoms with Gasteiger partial charge in [0.1, 0.15) is 0 Å². The monoisotopic (exact) mass is 310 g/mol. The number of benzene rings is 1. The lowest BCUT2D eigenvalue weighted by atomic mass is 9.97. The minimum atomic E-state index is 0.150. The highest BCUT2D eigenvalue weighted by molar-refractivity contribution is 6.30. The van der Waals surface area contributed by atoms with Crippen molar-refractivity contribution in [2.75, 3.05) is 13.6 Å². The number of hydrogen-bond donors (Lipinski definition) is 1. The van der Waals surface area contributed by atoms with E-state index in [0.717, 1.165) is 11.6 Å². The maximum absolute atomic E-state index is 5.99. The summed E-state index contributed by atoms with van der Waals surface area (Å²) in [6.07, 6.45) is 0. The van der Waals surface area contributed by atoms with E-state index in [4.69, 9.17) is 11.6 Å². The number of likely N-dealkylation sites (N-methyl/N-ethyl adjacent to an activating group) is 1. The van der Waals surface area contributed by atoms with Crippen molar-refractivity contribution in [1.29, 1.82) is 0 Å². The molecule has 1 aromatic carbocycles. The third-order valence-electron chi connectivity index (χ3n) is 4.10. The summed E-state index contributed by atoms with van der Waals surface area (Å²) in [5, 5.41) is 4.43. The number of rotatable bonds is 6. The summed E-state index contributed by atoms with van der Waals surface area (Å²) in [7, 11) is 2.22. The largest absolute Gasteiger partial charge is 0.311 e. The lowest BCUT2D eigenvalue weighted by molar-refractivity contribution is 0.134. The van der Waals surface area contributed by atoms with Crippen LogP contribution in [-0.2, 0) is 0 Å². The second kappa shape index (κ2) is 7.62. The highest BCUT2D eigenvalue weighted by Crippen LogP contribution is 2.25.